The first kappa shape index (κ1) is 15.0. The predicted molar refractivity (Wildman–Crippen MR) is 80.8 cm³/mol. The molecule has 2 aromatic rings. The van der Waals surface area contributed by atoms with Crippen molar-refractivity contribution in [3.05, 3.63) is 51.4 Å². The summed E-state index contributed by atoms with van der Waals surface area (Å²) >= 11 is 7.33. The van der Waals surface area contributed by atoms with Crippen molar-refractivity contribution in [1.82, 2.24) is 5.32 Å². The van der Waals surface area contributed by atoms with Gasteiger partial charge in [-0.05, 0) is 31.2 Å². The van der Waals surface area contributed by atoms with Crippen molar-refractivity contribution in [2.75, 3.05) is 11.9 Å². The van der Waals surface area contributed by atoms with E-state index in [1.54, 1.807) is 12.1 Å². The maximum absolute atomic E-state index is 13.4. The number of para-hydroxylation sites is 1. The Morgan fingerprint density at radius 1 is 1.35 bits per heavy atom. The minimum atomic E-state index is -0.445. The molecule has 1 aromatic carbocycles. The van der Waals surface area contributed by atoms with Crippen molar-refractivity contribution < 1.29 is 9.18 Å². The summed E-state index contributed by atoms with van der Waals surface area (Å²) in [5.74, 6) is -0.733. The highest BCUT2D eigenvalue weighted by molar-refractivity contribution is 7.16. The van der Waals surface area contributed by atoms with E-state index in [-0.39, 0.29) is 24.2 Å². The Bertz CT molecular complexity index is 602. The average Bonchev–Trinajstić information content (AvgIpc) is 2.85. The lowest BCUT2D eigenvalue weighted by Gasteiger charge is -2.12. The van der Waals surface area contributed by atoms with E-state index >= 15 is 0 Å². The molecule has 1 amide bonds. The number of thiophene rings is 1. The topological polar surface area (TPSA) is 41.1 Å². The fourth-order valence-corrected chi connectivity index (χ4v) is 2.75. The summed E-state index contributed by atoms with van der Waals surface area (Å²) in [6, 6.07) is 9.82. The fraction of sp³-hybridized carbons (Fsp3) is 0.214. The molecule has 106 valence electrons. The van der Waals surface area contributed by atoms with Gasteiger partial charge in [-0.1, -0.05) is 23.7 Å². The van der Waals surface area contributed by atoms with Crippen LogP contribution in [0.4, 0.5) is 10.1 Å². The van der Waals surface area contributed by atoms with E-state index in [0.717, 1.165) is 4.88 Å². The number of hydrogen-bond acceptors (Lipinski definition) is 3. The highest BCUT2D eigenvalue weighted by Crippen LogP contribution is 2.26. The van der Waals surface area contributed by atoms with Crippen LogP contribution in [0.1, 0.15) is 17.8 Å². The van der Waals surface area contributed by atoms with Gasteiger partial charge in [-0.25, -0.2) is 4.39 Å². The van der Waals surface area contributed by atoms with Gasteiger partial charge in [0.2, 0.25) is 5.91 Å². The van der Waals surface area contributed by atoms with Gasteiger partial charge in [-0.2, -0.15) is 0 Å². The third-order valence-corrected chi connectivity index (χ3v) is 4.15. The Morgan fingerprint density at radius 2 is 2.10 bits per heavy atom. The molecule has 0 aliphatic heterocycles. The molecule has 1 atom stereocenters. The molecule has 0 aliphatic carbocycles. The SMILES string of the molecule is CC(NCC(=O)Nc1ccccc1F)c1ccc(Cl)s1. The summed E-state index contributed by atoms with van der Waals surface area (Å²) < 4.78 is 14.1. The quantitative estimate of drug-likeness (QED) is 0.881. The minimum absolute atomic E-state index is 0.0128. The van der Waals surface area contributed by atoms with Gasteiger partial charge in [0.05, 0.1) is 16.6 Å². The second-order valence-electron chi connectivity index (χ2n) is 4.27. The summed E-state index contributed by atoms with van der Waals surface area (Å²) in [5, 5.41) is 5.59. The zero-order chi connectivity index (χ0) is 14.5. The van der Waals surface area contributed by atoms with Crippen LogP contribution in [0.5, 0.6) is 0 Å². The summed E-state index contributed by atoms with van der Waals surface area (Å²) in [5.41, 5.74) is 0.186. The fourth-order valence-electron chi connectivity index (χ4n) is 1.66. The molecule has 1 aromatic heterocycles. The molecule has 2 rings (SSSR count). The first-order chi connectivity index (χ1) is 9.56. The van der Waals surface area contributed by atoms with E-state index in [0.29, 0.717) is 4.34 Å². The maximum Gasteiger partial charge on any atom is 0.238 e. The number of rotatable bonds is 5. The molecule has 6 heteroatoms. The Kier molecular flexibility index (Phi) is 5.11. The number of benzene rings is 1. The molecule has 1 unspecified atom stereocenters. The van der Waals surface area contributed by atoms with Gasteiger partial charge in [0.25, 0.3) is 0 Å². The standard InChI is InChI=1S/C14H14ClFN2OS/c1-9(12-6-7-13(15)20-12)17-8-14(19)18-11-5-3-2-4-10(11)16/h2-7,9,17H,8H2,1H3,(H,18,19). The molecule has 0 radical (unpaired) electrons. The Hall–Kier alpha value is -1.43. The first-order valence-electron chi connectivity index (χ1n) is 6.09. The highest BCUT2D eigenvalue weighted by atomic mass is 35.5. The molecule has 20 heavy (non-hydrogen) atoms. The monoisotopic (exact) mass is 312 g/mol. The van der Waals surface area contributed by atoms with Crippen LogP contribution >= 0.6 is 22.9 Å². The van der Waals surface area contributed by atoms with Crippen LogP contribution in [0.15, 0.2) is 36.4 Å². The Labute approximate surface area is 125 Å². The largest absolute Gasteiger partial charge is 0.322 e. The summed E-state index contributed by atoms with van der Waals surface area (Å²) in [7, 11) is 0. The summed E-state index contributed by atoms with van der Waals surface area (Å²) in [6.45, 7) is 2.05. The molecule has 0 bridgehead atoms. The van der Waals surface area contributed by atoms with Gasteiger partial charge in [-0.3, -0.25) is 4.79 Å². The first-order valence-corrected chi connectivity index (χ1v) is 7.28. The Balaban J connectivity index is 1.85. The molecule has 1 heterocycles. The van der Waals surface area contributed by atoms with Gasteiger partial charge < -0.3 is 10.6 Å². The minimum Gasteiger partial charge on any atom is -0.322 e. The number of hydrogen-bond donors (Lipinski definition) is 2. The average molecular weight is 313 g/mol. The van der Waals surface area contributed by atoms with Crippen molar-refractivity contribution >= 4 is 34.5 Å². The molecule has 0 fully saturated rings. The van der Waals surface area contributed by atoms with Crippen molar-refractivity contribution in [2.45, 2.75) is 13.0 Å². The molecule has 3 nitrogen and oxygen atoms in total. The third-order valence-electron chi connectivity index (χ3n) is 2.74. The molecular weight excluding hydrogens is 299 g/mol. The summed E-state index contributed by atoms with van der Waals surface area (Å²) in [4.78, 5) is 12.8. The molecule has 0 saturated heterocycles. The highest BCUT2D eigenvalue weighted by Gasteiger charge is 2.11. The number of amides is 1. The molecule has 0 spiro atoms. The predicted octanol–water partition coefficient (Wildman–Crippen LogP) is 3.83. The molecule has 0 aliphatic rings. The van der Waals surface area contributed by atoms with Crippen LogP contribution in [-0.4, -0.2) is 12.5 Å². The number of nitrogens with one attached hydrogen (secondary N) is 2. The lowest BCUT2D eigenvalue weighted by Crippen LogP contribution is -2.30. The molecular formula is C14H14ClFN2OS. The third kappa shape index (κ3) is 4.03. The van der Waals surface area contributed by atoms with Gasteiger partial charge in [0.1, 0.15) is 5.82 Å². The molecule has 0 saturated carbocycles. The van der Waals surface area contributed by atoms with E-state index in [1.807, 2.05) is 19.1 Å². The van der Waals surface area contributed by atoms with Crippen molar-refractivity contribution in [2.24, 2.45) is 0 Å². The number of carbonyl (C=O) groups excluding carboxylic acids is 1. The second-order valence-corrected chi connectivity index (χ2v) is 6.02. The van der Waals surface area contributed by atoms with Crippen molar-refractivity contribution in [1.29, 1.82) is 0 Å². The number of anilines is 1. The second kappa shape index (κ2) is 6.83. The maximum atomic E-state index is 13.4. The van der Waals surface area contributed by atoms with E-state index in [9.17, 15) is 9.18 Å². The van der Waals surface area contributed by atoms with Gasteiger partial charge in [-0.15, -0.1) is 11.3 Å². The summed E-state index contributed by atoms with van der Waals surface area (Å²) in [6.07, 6.45) is 0. The number of halogens is 2. The lowest BCUT2D eigenvalue weighted by atomic mass is 10.2. The van der Waals surface area contributed by atoms with Gasteiger partial charge >= 0.3 is 0 Å². The van der Waals surface area contributed by atoms with E-state index in [2.05, 4.69) is 10.6 Å². The zero-order valence-corrected chi connectivity index (χ0v) is 12.4. The van der Waals surface area contributed by atoms with Gasteiger partial charge in [0, 0.05) is 10.9 Å². The normalized spacial score (nSPS) is 12.2. The van der Waals surface area contributed by atoms with Gasteiger partial charge in [0.15, 0.2) is 0 Å². The zero-order valence-electron chi connectivity index (χ0n) is 10.8. The Morgan fingerprint density at radius 3 is 2.75 bits per heavy atom. The van der Waals surface area contributed by atoms with Crippen LogP contribution in [0, 0.1) is 5.82 Å². The lowest BCUT2D eigenvalue weighted by molar-refractivity contribution is -0.115. The van der Waals surface area contributed by atoms with Crippen LogP contribution in [0.2, 0.25) is 4.34 Å². The van der Waals surface area contributed by atoms with Crippen LogP contribution < -0.4 is 10.6 Å². The number of carbonyl (C=O) groups is 1. The molecule has 2 N–H and O–H groups in total. The van der Waals surface area contributed by atoms with E-state index in [4.69, 9.17) is 11.6 Å². The van der Waals surface area contributed by atoms with Crippen LogP contribution in [-0.2, 0) is 4.79 Å². The smallest absolute Gasteiger partial charge is 0.238 e. The van der Waals surface area contributed by atoms with Crippen molar-refractivity contribution in [3.63, 3.8) is 0 Å². The van der Waals surface area contributed by atoms with Crippen LogP contribution in [0.25, 0.3) is 0 Å². The van der Waals surface area contributed by atoms with Crippen LogP contribution in [0.3, 0.4) is 0 Å². The van der Waals surface area contributed by atoms with E-state index < -0.39 is 5.82 Å². The van der Waals surface area contributed by atoms with Crippen molar-refractivity contribution in [3.8, 4) is 0 Å². The van der Waals surface area contributed by atoms with E-state index in [1.165, 1.54) is 23.5 Å².